The zero-order chi connectivity index (χ0) is 80.3. The summed E-state index contributed by atoms with van der Waals surface area (Å²) in [4.78, 5) is 131. The zero-order valence-corrected chi connectivity index (χ0v) is 66.4. The maximum absolute atomic E-state index is 12.5. The van der Waals surface area contributed by atoms with E-state index in [-0.39, 0.29) is 22.6 Å². The van der Waals surface area contributed by atoms with Gasteiger partial charge in [-0.05, 0) is 266 Å². The van der Waals surface area contributed by atoms with E-state index in [1.807, 2.05) is 105 Å². The van der Waals surface area contributed by atoms with E-state index >= 15 is 0 Å². The second-order valence-electron chi connectivity index (χ2n) is 30.1. The summed E-state index contributed by atoms with van der Waals surface area (Å²) < 4.78 is 5.84. The van der Waals surface area contributed by atoms with Gasteiger partial charge in [0.15, 0.2) is 45.7 Å². The predicted octanol–water partition coefficient (Wildman–Crippen LogP) is 13.5. The SMILES string of the molecule is C=c1nc2c(c(=O)[nH]1)=Nc1cc(C)c(C3CC3)cc1N2CCCc1ccccc1.Cc1cc2nc3c(=O)[nH]c(=O)nc-3n(CCCc3ccc(Cl)c(C)c3)c2cc1C.Cc1ccc(CCCn2c3nc(=O)[nH]c(=O)c-3nc3cc(C)c(C)cc32)cc1.Cc1ccc(CCCn2c3nc(=O)[nH]c(=O)c-3nc3cc(C)c(C)cc32)cc1. The van der Waals surface area contributed by atoms with Crippen molar-refractivity contribution in [2.75, 3.05) is 11.4 Å². The molecule has 1 aromatic heterocycles. The van der Waals surface area contributed by atoms with Crippen LogP contribution in [0.5, 0.6) is 0 Å². The Labute approximate surface area is 661 Å². The zero-order valence-electron chi connectivity index (χ0n) is 65.6. The van der Waals surface area contributed by atoms with Gasteiger partial charge in [0.1, 0.15) is 5.48 Å². The van der Waals surface area contributed by atoms with Gasteiger partial charge in [0.25, 0.3) is 22.2 Å². The summed E-state index contributed by atoms with van der Waals surface area (Å²) >= 11 is 6.12. The lowest BCUT2D eigenvalue weighted by atomic mass is 10.0. The van der Waals surface area contributed by atoms with Crippen LogP contribution in [0.2, 0.25) is 5.02 Å². The number of aromatic nitrogens is 14. The van der Waals surface area contributed by atoms with Gasteiger partial charge in [-0.3, -0.25) is 34.1 Å². The molecule has 8 aliphatic rings. The highest BCUT2D eigenvalue weighted by atomic mass is 35.5. The van der Waals surface area contributed by atoms with Crippen LogP contribution in [0.15, 0.2) is 184 Å². The summed E-state index contributed by atoms with van der Waals surface area (Å²) in [5.74, 6) is 2.27. The fraction of sp³-hybridized carbons (Fsp3) is 0.278. The van der Waals surface area contributed by atoms with Gasteiger partial charge < -0.3 is 23.6 Å². The number of rotatable bonds is 17. The lowest BCUT2D eigenvalue weighted by molar-refractivity contribution is 0.648. The maximum atomic E-state index is 12.5. The number of fused-ring (bicyclic) bond motifs is 8. The summed E-state index contributed by atoms with van der Waals surface area (Å²) in [6.45, 7) is 26.9. The van der Waals surface area contributed by atoms with Crippen molar-refractivity contribution in [3.63, 3.8) is 0 Å². The monoisotopic (exact) mass is 1540 g/mol. The van der Waals surface area contributed by atoms with Crippen LogP contribution in [0.3, 0.4) is 0 Å². The molecule has 0 spiro atoms. The minimum atomic E-state index is -0.658. The predicted molar refractivity (Wildman–Crippen MR) is 451 cm³/mol. The Kier molecular flexibility index (Phi) is 22.8. The van der Waals surface area contributed by atoms with E-state index in [2.05, 4.69) is 195 Å². The van der Waals surface area contributed by atoms with Gasteiger partial charge in [0.05, 0.1) is 44.5 Å². The quantitative estimate of drug-likeness (QED) is 0.0616. The van der Waals surface area contributed by atoms with Crippen molar-refractivity contribution in [1.82, 2.24) is 68.5 Å². The number of halogens is 1. The number of hydrogen-bond donors (Lipinski definition) is 4. The summed E-state index contributed by atoms with van der Waals surface area (Å²) in [5, 5.41) is 1.13. The molecule has 578 valence electrons. The molecule has 114 heavy (non-hydrogen) atoms. The molecule has 0 unspecified atom stereocenters. The molecule has 0 saturated heterocycles. The number of aryl methyl sites for hydroxylation is 17. The van der Waals surface area contributed by atoms with E-state index in [1.165, 1.54) is 57.3 Å². The first kappa shape index (κ1) is 77.9. The molecule has 1 saturated carbocycles. The Bertz CT molecular complexity index is 6480. The van der Waals surface area contributed by atoms with Crippen LogP contribution in [0, 0.1) is 69.2 Å². The highest BCUT2D eigenvalue weighted by Crippen LogP contribution is 2.46. The summed E-state index contributed by atoms with van der Waals surface area (Å²) in [6.07, 6.45) is 9.61. The molecule has 23 nitrogen and oxygen atoms in total. The Hall–Kier alpha value is -12.8. The van der Waals surface area contributed by atoms with Crippen molar-refractivity contribution in [2.45, 2.75) is 159 Å². The van der Waals surface area contributed by atoms with Crippen LogP contribution in [0.4, 0.5) is 17.2 Å². The van der Waals surface area contributed by atoms with Crippen molar-refractivity contribution in [2.24, 2.45) is 4.99 Å². The number of aromatic amines is 4. The van der Waals surface area contributed by atoms with Gasteiger partial charge in [-0.25, -0.2) is 39.3 Å². The Morgan fingerprint density at radius 2 is 0.789 bits per heavy atom. The molecule has 9 aromatic rings. The normalized spacial score (nSPS) is 12.3. The van der Waals surface area contributed by atoms with E-state index in [4.69, 9.17) is 11.6 Å². The number of nitrogens with zero attached hydrogens (tertiary/aromatic N) is 12. The largest absolute Gasteiger partial charge is 0.349 e. The van der Waals surface area contributed by atoms with Crippen LogP contribution in [0.1, 0.15) is 128 Å². The second kappa shape index (κ2) is 33.3. The van der Waals surface area contributed by atoms with Gasteiger partial charge in [-0.2, -0.15) is 15.0 Å². The Balaban J connectivity index is 0.000000126. The van der Waals surface area contributed by atoms with Gasteiger partial charge in [0, 0.05) is 31.2 Å². The lowest BCUT2D eigenvalue weighted by Gasteiger charge is -2.29. The van der Waals surface area contributed by atoms with Gasteiger partial charge in [-0.1, -0.05) is 120 Å². The van der Waals surface area contributed by atoms with Crippen LogP contribution >= 0.6 is 11.6 Å². The summed E-state index contributed by atoms with van der Waals surface area (Å²) in [5.41, 5.74) is 21.9. The third-order valence-electron chi connectivity index (χ3n) is 21.5. The highest BCUT2D eigenvalue weighted by molar-refractivity contribution is 6.31. The highest BCUT2D eigenvalue weighted by Gasteiger charge is 2.30. The van der Waals surface area contributed by atoms with E-state index in [1.54, 1.807) is 0 Å². The molecule has 4 N–H and O–H groups in total. The van der Waals surface area contributed by atoms with Crippen molar-refractivity contribution in [3.8, 4) is 34.6 Å². The molecule has 1 fully saturated rings. The van der Waals surface area contributed by atoms with Gasteiger partial charge in [0.2, 0.25) is 0 Å². The summed E-state index contributed by atoms with van der Waals surface area (Å²) in [7, 11) is 0. The van der Waals surface area contributed by atoms with Crippen LogP contribution in [0.25, 0.3) is 74.2 Å². The molecule has 17 rings (SSSR count). The van der Waals surface area contributed by atoms with E-state index < -0.39 is 33.7 Å². The molecule has 7 aliphatic heterocycles. The van der Waals surface area contributed by atoms with Crippen molar-refractivity contribution < 1.29 is 0 Å². The fourth-order valence-electron chi connectivity index (χ4n) is 14.7. The third-order valence-corrected chi connectivity index (χ3v) is 21.9. The molecule has 0 amide bonds. The first-order valence-corrected chi connectivity index (χ1v) is 38.9. The minimum absolute atomic E-state index is 0.183. The van der Waals surface area contributed by atoms with Gasteiger partial charge in [-0.15, -0.1) is 0 Å². The smallest absolute Gasteiger partial charge is 0.322 e. The van der Waals surface area contributed by atoms with Crippen molar-refractivity contribution in [3.05, 3.63) is 318 Å². The Morgan fingerprint density at radius 1 is 0.395 bits per heavy atom. The van der Waals surface area contributed by atoms with E-state index in [9.17, 15) is 33.6 Å². The Morgan fingerprint density at radius 3 is 1.21 bits per heavy atom. The molecular weight excluding hydrogens is 1450 g/mol. The molecule has 0 radical (unpaired) electrons. The number of nitrogens with one attached hydrogen (secondary N) is 4. The average Bonchev–Trinajstić information content (AvgIpc) is 1.02. The van der Waals surface area contributed by atoms with Crippen LogP contribution in [-0.4, -0.2) is 75.1 Å². The number of hydrogen-bond acceptors (Lipinski definition) is 16. The summed E-state index contributed by atoms with van der Waals surface area (Å²) in [6, 6.07) is 49.9. The molecule has 24 heteroatoms. The van der Waals surface area contributed by atoms with Crippen molar-refractivity contribution >= 4 is 68.5 Å². The topological polar surface area (TPSA) is 303 Å². The fourth-order valence-corrected chi connectivity index (χ4v) is 14.8. The first-order valence-electron chi connectivity index (χ1n) is 38.5. The number of H-pyrrole nitrogens is 4. The molecular formula is C90H89ClN16O7. The van der Waals surface area contributed by atoms with Crippen molar-refractivity contribution in [1.29, 1.82) is 0 Å². The van der Waals surface area contributed by atoms with E-state index in [0.29, 0.717) is 65.2 Å². The lowest BCUT2D eigenvalue weighted by Crippen LogP contribution is -2.42. The number of anilines is 2. The molecule has 0 bridgehead atoms. The van der Waals surface area contributed by atoms with Gasteiger partial charge >= 0.3 is 17.1 Å². The standard InChI is InChI=1S/C24H24N4O.C22H21ClN4O2.2C22H22N4O2/c1-15-13-20-21(14-19(15)18-10-11-18)28(12-6-9-17-7-4-3-5-8-17)23-22(27-20)24(29)26-16(2)25-23;1-12-10-17-18(11-13(12)2)27(20-19(24-17)21(28)26-22(29)25-20)8-4-5-15-6-7-16(23)14(3)9-15;2*1-13-6-8-16(9-7-13)5-4-10-26-18-12-15(3)14(2)11-17(18)23-19-20(26)24-22(28)25-21(19)27/h3-5,7-8,13-14,18H,2,6,9-12H2,1H3,(H,26,29);6-7,9-11H,4-5,8H2,1-3H3,(H,26,28,29);2*6-9,11-12H,4-5,10H2,1-3H3,(H,25,27,28). The molecule has 0 atom stereocenters. The molecule has 1 aliphatic carbocycles. The van der Waals surface area contributed by atoms with Crippen LogP contribution < -0.4 is 55.0 Å². The average molecular weight is 1540 g/mol. The van der Waals surface area contributed by atoms with Crippen LogP contribution in [-0.2, 0) is 45.3 Å². The maximum Gasteiger partial charge on any atom is 0.349 e. The van der Waals surface area contributed by atoms with E-state index in [0.717, 1.165) is 141 Å². The first-order chi connectivity index (χ1) is 54.8. The number of benzene rings is 8. The second-order valence-corrected chi connectivity index (χ2v) is 30.5. The minimum Gasteiger partial charge on any atom is -0.322 e. The molecule has 8 aromatic carbocycles. The third kappa shape index (κ3) is 17.3. The molecule has 8 heterocycles.